The van der Waals surface area contributed by atoms with Crippen LogP contribution in [0.25, 0.3) is 11.0 Å². The van der Waals surface area contributed by atoms with Crippen LogP contribution >= 0.6 is 35.4 Å². The van der Waals surface area contributed by atoms with Gasteiger partial charge in [0.25, 0.3) is 0 Å². The molecular weight excluding hydrogens is 330 g/mol. The minimum absolute atomic E-state index is 0.0518. The standard InChI is InChI=1S/C15H11Cl2FN2S/c1-8(9-2-4-10(18)5-3-9)20-14-7-12(17)11(16)6-13(14)19-15(20)21/h2-8H,1H3,(H,19,21). The van der Waals surface area contributed by atoms with Crippen LogP contribution < -0.4 is 0 Å². The average molecular weight is 341 g/mol. The summed E-state index contributed by atoms with van der Waals surface area (Å²) in [6.07, 6.45) is 0. The largest absolute Gasteiger partial charge is 0.331 e. The van der Waals surface area contributed by atoms with Gasteiger partial charge in [0.05, 0.1) is 27.1 Å². The number of fused-ring (bicyclic) bond motifs is 1. The summed E-state index contributed by atoms with van der Waals surface area (Å²) in [6, 6.07) is 9.86. The second-order valence-electron chi connectivity index (χ2n) is 4.81. The molecule has 1 heterocycles. The summed E-state index contributed by atoms with van der Waals surface area (Å²) in [5.41, 5.74) is 2.65. The van der Waals surface area contributed by atoms with Crippen molar-refractivity contribution >= 4 is 46.5 Å². The zero-order chi connectivity index (χ0) is 15.1. The van der Waals surface area contributed by atoms with E-state index in [2.05, 4.69) is 4.98 Å². The summed E-state index contributed by atoms with van der Waals surface area (Å²) in [5, 5.41) is 0.945. The van der Waals surface area contributed by atoms with E-state index in [-0.39, 0.29) is 11.9 Å². The number of hydrogen-bond acceptors (Lipinski definition) is 1. The lowest BCUT2D eigenvalue weighted by molar-refractivity contribution is 0.618. The van der Waals surface area contributed by atoms with E-state index in [1.165, 1.54) is 12.1 Å². The van der Waals surface area contributed by atoms with E-state index in [9.17, 15) is 4.39 Å². The van der Waals surface area contributed by atoms with E-state index in [1.807, 2.05) is 11.5 Å². The van der Waals surface area contributed by atoms with Gasteiger partial charge in [-0.05, 0) is 49.0 Å². The van der Waals surface area contributed by atoms with Crippen molar-refractivity contribution in [1.29, 1.82) is 0 Å². The highest BCUT2D eigenvalue weighted by atomic mass is 35.5. The third kappa shape index (κ3) is 2.59. The van der Waals surface area contributed by atoms with Crippen LogP contribution in [0.5, 0.6) is 0 Å². The molecule has 0 fully saturated rings. The van der Waals surface area contributed by atoms with Crippen molar-refractivity contribution < 1.29 is 4.39 Å². The van der Waals surface area contributed by atoms with Crippen LogP contribution in [0.2, 0.25) is 10.0 Å². The van der Waals surface area contributed by atoms with Crippen LogP contribution in [0.1, 0.15) is 18.5 Å². The van der Waals surface area contributed by atoms with E-state index in [1.54, 1.807) is 24.3 Å². The summed E-state index contributed by atoms with van der Waals surface area (Å²) >= 11 is 17.5. The van der Waals surface area contributed by atoms with Gasteiger partial charge in [0, 0.05) is 0 Å². The van der Waals surface area contributed by atoms with E-state index < -0.39 is 0 Å². The molecule has 3 rings (SSSR count). The maximum absolute atomic E-state index is 13.1. The first-order valence-corrected chi connectivity index (χ1v) is 7.48. The molecule has 0 aliphatic rings. The molecule has 1 aromatic heterocycles. The minimum Gasteiger partial charge on any atom is -0.331 e. The molecule has 6 heteroatoms. The summed E-state index contributed by atoms with van der Waals surface area (Å²) in [4.78, 5) is 3.12. The second kappa shape index (κ2) is 5.44. The van der Waals surface area contributed by atoms with Gasteiger partial charge in [-0.3, -0.25) is 0 Å². The van der Waals surface area contributed by atoms with Crippen molar-refractivity contribution in [3.05, 3.63) is 62.6 Å². The highest BCUT2D eigenvalue weighted by Gasteiger charge is 2.14. The maximum atomic E-state index is 13.1. The van der Waals surface area contributed by atoms with Gasteiger partial charge in [-0.2, -0.15) is 0 Å². The van der Waals surface area contributed by atoms with Crippen LogP contribution in [0.4, 0.5) is 4.39 Å². The molecule has 0 spiro atoms. The molecule has 1 atom stereocenters. The van der Waals surface area contributed by atoms with Crippen molar-refractivity contribution in [2.75, 3.05) is 0 Å². The van der Waals surface area contributed by atoms with E-state index in [0.717, 1.165) is 16.6 Å². The van der Waals surface area contributed by atoms with Crippen molar-refractivity contribution in [3.8, 4) is 0 Å². The van der Waals surface area contributed by atoms with Crippen LogP contribution in [-0.4, -0.2) is 9.55 Å². The Kier molecular flexibility index (Phi) is 3.78. The first-order chi connectivity index (χ1) is 9.97. The molecule has 0 bridgehead atoms. The number of nitrogens with zero attached hydrogens (tertiary/aromatic N) is 1. The summed E-state index contributed by atoms with van der Waals surface area (Å²) in [7, 11) is 0. The number of hydrogen-bond donors (Lipinski definition) is 1. The number of nitrogens with one attached hydrogen (secondary N) is 1. The fraction of sp³-hybridized carbons (Fsp3) is 0.133. The van der Waals surface area contributed by atoms with Gasteiger partial charge in [0.15, 0.2) is 4.77 Å². The number of rotatable bonds is 2. The van der Waals surface area contributed by atoms with Crippen LogP contribution in [0.15, 0.2) is 36.4 Å². The first kappa shape index (κ1) is 14.6. The predicted molar refractivity (Wildman–Crippen MR) is 87.4 cm³/mol. The lowest BCUT2D eigenvalue weighted by Gasteiger charge is -2.15. The molecule has 0 aliphatic heterocycles. The molecular formula is C15H11Cl2FN2S. The molecule has 1 N–H and O–H groups in total. The predicted octanol–water partition coefficient (Wildman–Crippen LogP) is 5.75. The molecule has 2 nitrogen and oxygen atoms in total. The maximum Gasteiger partial charge on any atom is 0.178 e. The Hall–Kier alpha value is -1.36. The Bertz CT molecular complexity index is 868. The number of imidazole rings is 1. The zero-order valence-electron chi connectivity index (χ0n) is 11.0. The Morgan fingerprint density at radius 1 is 1.14 bits per heavy atom. The van der Waals surface area contributed by atoms with Crippen molar-refractivity contribution in [2.45, 2.75) is 13.0 Å². The van der Waals surface area contributed by atoms with Crippen molar-refractivity contribution in [1.82, 2.24) is 9.55 Å². The first-order valence-electron chi connectivity index (χ1n) is 6.32. The molecule has 3 aromatic rings. The van der Waals surface area contributed by atoms with Gasteiger partial charge in [0.1, 0.15) is 5.82 Å². The molecule has 108 valence electrons. The van der Waals surface area contributed by atoms with Gasteiger partial charge >= 0.3 is 0 Å². The highest BCUT2D eigenvalue weighted by molar-refractivity contribution is 7.71. The van der Waals surface area contributed by atoms with Gasteiger partial charge in [-0.1, -0.05) is 35.3 Å². The number of aromatic nitrogens is 2. The van der Waals surface area contributed by atoms with Crippen molar-refractivity contribution in [2.24, 2.45) is 0 Å². The molecule has 0 amide bonds. The average Bonchev–Trinajstić information content (AvgIpc) is 2.75. The molecule has 0 radical (unpaired) electrons. The third-order valence-corrected chi connectivity index (χ3v) is 4.52. The smallest absolute Gasteiger partial charge is 0.178 e. The molecule has 21 heavy (non-hydrogen) atoms. The molecule has 2 aromatic carbocycles. The quantitative estimate of drug-likeness (QED) is 0.588. The van der Waals surface area contributed by atoms with Gasteiger partial charge in [-0.15, -0.1) is 0 Å². The Morgan fingerprint density at radius 3 is 2.43 bits per heavy atom. The molecule has 0 saturated carbocycles. The second-order valence-corrected chi connectivity index (χ2v) is 6.01. The molecule has 0 aliphatic carbocycles. The summed E-state index contributed by atoms with van der Waals surface area (Å²) in [5.74, 6) is -0.261. The topological polar surface area (TPSA) is 20.7 Å². The van der Waals surface area contributed by atoms with Crippen LogP contribution in [-0.2, 0) is 0 Å². The monoisotopic (exact) mass is 340 g/mol. The van der Waals surface area contributed by atoms with Crippen molar-refractivity contribution in [3.63, 3.8) is 0 Å². The third-order valence-electron chi connectivity index (χ3n) is 3.50. The van der Waals surface area contributed by atoms with E-state index >= 15 is 0 Å². The fourth-order valence-corrected chi connectivity index (χ4v) is 3.08. The number of benzene rings is 2. The summed E-state index contributed by atoms with van der Waals surface area (Å²) in [6.45, 7) is 2.00. The number of aromatic amines is 1. The Labute approximate surface area is 136 Å². The Balaban J connectivity index is 2.19. The normalized spacial score (nSPS) is 12.8. The van der Waals surface area contributed by atoms with Gasteiger partial charge in [0.2, 0.25) is 0 Å². The minimum atomic E-state index is -0.261. The molecule has 1 unspecified atom stereocenters. The van der Waals surface area contributed by atoms with E-state index in [0.29, 0.717) is 14.8 Å². The lowest BCUT2D eigenvalue weighted by atomic mass is 10.1. The lowest BCUT2D eigenvalue weighted by Crippen LogP contribution is -2.06. The van der Waals surface area contributed by atoms with Crippen LogP contribution in [0.3, 0.4) is 0 Å². The van der Waals surface area contributed by atoms with E-state index in [4.69, 9.17) is 35.4 Å². The highest BCUT2D eigenvalue weighted by Crippen LogP contribution is 2.30. The number of halogens is 3. The molecule has 0 saturated heterocycles. The van der Waals surface area contributed by atoms with Crippen LogP contribution in [0, 0.1) is 10.6 Å². The Morgan fingerprint density at radius 2 is 1.76 bits per heavy atom. The zero-order valence-corrected chi connectivity index (χ0v) is 13.4. The van der Waals surface area contributed by atoms with Gasteiger partial charge in [-0.25, -0.2) is 4.39 Å². The fourth-order valence-electron chi connectivity index (χ4n) is 2.40. The summed E-state index contributed by atoms with van der Waals surface area (Å²) < 4.78 is 15.6. The number of H-pyrrole nitrogens is 1. The SMILES string of the molecule is CC(c1ccc(F)cc1)n1c(=S)[nH]c2cc(Cl)c(Cl)cc21. The van der Waals surface area contributed by atoms with Gasteiger partial charge < -0.3 is 9.55 Å².